The first-order valence-electron chi connectivity index (χ1n) is 5.98. The molecule has 0 fully saturated rings. The van der Waals surface area contributed by atoms with Crippen molar-refractivity contribution in [2.45, 2.75) is 39.2 Å². The summed E-state index contributed by atoms with van der Waals surface area (Å²) in [5.41, 5.74) is 7.68. The molecule has 5 nitrogen and oxygen atoms in total. The Morgan fingerprint density at radius 1 is 1.39 bits per heavy atom. The van der Waals surface area contributed by atoms with Crippen LogP contribution in [0.4, 0.5) is 0 Å². The zero-order valence-corrected chi connectivity index (χ0v) is 11.0. The van der Waals surface area contributed by atoms with E-state index in [0.717, 1.165) is 17.5 Å². The van der Waals surface area contributed by atoms with Crippen molar-refractivity contribution in [2.75, 3.05) is 0 Å². The lowest BCUT2D eigenvalue weighted by atomic mass is 10.0. The normalized spacial score (nSPS) is 11.8. The first-order valence-corrected chi connectivity index (χ1v) is 5.98. The van der Waals surface area contributed by atoms with Gasteiger partial charge < -0.3 is 10.3 Å². The Hall–Kier alpha value is -1.75. The lowest BCUT2D eigenvalue weighted by Gasteiger charge is -2.16. The van der Waals surface area contributed by atoms with E-state index in [1.165, 1.54) is 0 Å². The van der Waals surface area contributed by atoms with Crippen molar-refractivity contribution in [1.29, 1.82) is 0 Å². The standard InChI is InChI=1S/C13H18N4O/c1-9-5-7-15-8-10(9)12-16-11(18-17-12)4-6-13(2,3)14/h5,7-8H,4,6,14H2,1-3H3. The second kappa shape index (κ2) is 4.86. The van der Waals surface area contributed by atoms with Gasteiger partial charge in [0.15, 0.2) is 0 Å². The van der Waals surface area contributed by atoms with E-state index in [0.29, 0.717) is 18.1 Å². The van der Waals surface area contributed by atoms with Crippen molar-refractivity contribution in [2.24, 2.45) is 5.73 Å². The molecular formula is C13H18N4O. The molecule has 0 saturated carbocycles. The van der Waals surface area contributed by atoms with Gasteiger partial charge in [-0.1, -0.05) is 5.16 Å². The van der Waals surface area contributed by atoms with Crippen LogP contribution in [0.2, 0.25) is 0 Å². The molecule has 2 aromatic rings. The van der Waals surface area contributed by atoms with Crippen molar-refractivity contribution >= 4 is 0 Å². The van der Waals surface area contributed by atoms with Crippen molar-refractivity contribution in [1.82, 2.24) is 15.1 Å². The fourth-order valence-corrected chi connectivity index (χ4v) is 1.59. The third-order valence-electron chi connectivity index (χ3n) is 2.73. The van der Waals surface area contributed by atoms with Crippen LogP contribution in [-0.4, -0.2) is 20.7 Å². The van der Waals surface area contributed by atoms with Crippen LogP contribution < -0.4 is 5.73 Å². The maximum atomic E-state index is 5.93. The summed E-state index contributed by atoms with van der Waals surface area (Å²) in [5.74, 6) is 1.21. The molecule has 0 bridgehead atoms. The molecule has 18 heavy (non-hydrogen) atoms. The number of hydrogen-bond donors (Lipinski definition) is 1. The fourth-order valence-electron chi connectivity index (χ4n) is 1.59. The van der Waals surface area contributed by atoms with Crippen LogP contribution >= 0.6 is 0 Å². The van der Waals surface area contributed by atoms with E-state index in [-0.39, 0.29) is 5.54 Å². The minimum absolute atomic E-state index is 0.223. The summed E-state index contributed by atoms with van der Waals surface area (Å²) in [6, 6.07) is 1.92. The van der Waals surface area contributed by atoms with Crippen molar-refractivity contribution < 1.29 is 4.52 Å². The highest BCUT2D eigenvalue weighted by atomic mass is 16.5. The summed E-state index contributed by atoms with van der Waals surface area (Å²) in [7, 11) is 0. The monoisotopic (exact) mass is 246 g/mol. The molecule has 5 heteroatoms. The summed E-state index contributed by atoms with van der Waals surface area (Å²) in [6.45, 7) is 5.96. The zero-order valence-electron chi connectivity index (χ0n) is 11.0. The molecule has 0 saturated heterocycles. The lowest BCUT2D eigenvalue weighted by Crippen LogP contribution is -2.32. The molecule has 0 atom stereocenters. The van der Waals surface area contributed by atoms with Crippen LogP contribution in [0, 0.1) is 6.92 Å². The summed E-state index contributed by atoms with van der Waals surface area (Å²) in [5, 5.41) is 3.98. The smallest absolute Gasteiger partial charge is 0.227 e. The van der Waals surface area contributed by atoms with Gasteiger partial charge in [-0.2, -0.15) is 4.98 Å². The number of pyridine rings is 1. The summed E-state index contributed by atoms with van der Waals surface area (Å²) in [6.07, 6.45) is 4.99. The Morgan fingerprint density at radius 3 is 2.83 bits per heavy atom. The number of rotatable bonds is 4. The van der Waals surface area contributed by atoms with Crippen LogP contribution in [-0.2, 0) is 6.42 Å². The van der Waals surface area contributed by atoms with E-state index in [1.54, 1.807) is 12.4 Å². The molecule has 0 aliphatic carbocycles. The van der Waals surface area contributed by atoms with Crippen LogP contribution in [0.25, 0.3) is 11.4 Å². The number of hydrogen-bond acceptors (Lipinski definition) is 5. The van der Waals surface area contributed by atoms with E-state index in [1.807, 2.05) is 26.8 Å². The maximum absolute atomic E-state index is 5.93. The molecule has 0 aromatic carbocycles. The van der Waals surface area contributed by atoms with Gasteiger partial charge in [0.2, 0.25) is 11.7 Å². The van der Waals surface area contributed by atoms with Gasteiger partial charge in [0, 0.05) is 29.9 Å². The Labute approximate surface area is 106 Å². The van der Waals surface area contributed by atoms with Crippen LogP contribution in [0.5, 0.6) is 0 Å². The van der Waals surface area contributed by atoms with Crippen molar-refractivity contribution in [3.8, 4) is 11.4 Å². The maximum Gasteiger partial charge on any atom is 0.227 e. The van der Waals surface area contributed by atoms with Gasteiger partial charge in [-0.25, -0.2) is 0 Å². The highest BCUT2D eigenvalue weighted by Crippen LogP contribution is 2.19. The third-order valence-corrected chi connectivity index (χ3v) is 2.73. The van der Waals surface area contributed by atoms with Crippen LogP contribution in [0.1, 0.15) is 31.7 Å². The molecule has 2 N–H and O–H groups in total. The SMILES string of the molecule is Cc1ccncc1-c1noc(CCC(C)(C)N)n1. The molecule has 2 aromatic heterocycles. The fraction of sp³-hybridized carbons (Fsp3) is 0.462. The van der Waals surface area contributed by atoms with Crippen molar-refractivity contribution in [3.05, 3.63) is 29.9 Å². The Bertz CT molecular complexity index is 528. The predicted octanol–water partition coefficient (Wildman–Crippen LogP) is 2.11. The van der Waals surface area contributed by atoms with E-state index < -0.39 is 0 Å². The third kappa shape index (κ3) is 3.13. The Balaban J connectivity index is 2.14. The number of nitrogens with two attached hydrogens (primary N) is 1. The molecule has 0 unspecified atom stereocenters. The van der Waals surface area contributed by atoms with Crippen molar-refractivity contribution in [3.63, 3.8) is 0 Å². The predicted molar refractivity (Wildman–Crippen MR) is 68.9 cm³/mol. The second-order valence-corrected chi connectivity index (χ2v) is 5.19. The van der Waals surface area contributed by atoms with Gasteiger partial charge in [0.1, 0.15) is 0 Å². The van der Waals surface area contributed by atoms with Gasteiger partial charge in [0.05, 0.1) is 0 Å². The van der Waals surface area contributed by atoms with Gasteiger partial charge in [-0.15, -0.1) is 0 Å². The first-order chi connectivity index (χ1) is 8.46. The van der Waals surface area contributed by atoms with E-state index in [2.05, 4.69) is 15.1 Å². The molecule has 2 rings (SSSR count). The Morgan fingerprint density at radius 2 is 2.17 bits per heavy atom. The summed E-state index contributed by atoms with van der Waals surface area (Å²) >= 11 is 0. The van der Waals surface area contributed by atoms with E-state index in [9.17, 15) is 0 Å². The molecule has 0 radical (unpaired) electrons. The average molecular weight is 246 g/mol. The molecule has 0 aliphatic rings. The Kier molecular flexibility index (Phi) is 3.43. The van der Waals surface area contributed by atoms with Gasteiger partial charge in [-0.05, 0) is 38.8 Å². The molecule has 96 valence electrons. The largest absolute Gasteiger partial charge is 0.339 e. The summed E-state index contributed by atoms with van der Waals surface area (Å²) < 4.78 is 5.23. The zero-order chi connectivity index (χ0) is 13.2. The quantitative estimate of drug-likeness (QED) is 0.893. The first kappa shape index (κ1) is 12.7. The molecular weight excluding hydrogens is 228 g/mol. The molecule has 0 aliphatic heterocycles. The molecule has 0 amide bonds. The topological polar surface area (TPSA) is 77.8 Å². The average Bonchev–Trinajstić information content (AvgIpc) is 2.75. The van der Waals surface area contributed by atoms with Crippen LogP contribution in [0.3, 0.4) is 0 Å². The number of aromatic nitrogens is 3. The van der Waals surface area contributed by atoms with Gasteiger partial charge >= 0.3 is 0 Å². The van der Waals surface area contributed by atoms with Crippen LogP contribution in [0.15, 0.2) is 23.0 Å². The number of nitrogens with zero attached hydrogens (tertiary/aromatic N) is 3. The minimum Gasteiger partial charge on any atom is -0.339 e. The van der Waals surface area contributed by atoms with Gasteiger partial charge in [0.25, 0.3) is 0 Å². The second-order valence-electron chi connectivity index (χ2n) is 5.19. The summed E-state index contributed by atoms with van der Waals surface area (Å²) in [4.78, 5) is 8.45. The lowest BCUT2D eigenvalue weighted by molar-refractivity contribution is 0.358. The molecule has 0 spiro atoms. The highest BCUT2D eigenvalue weighted by molar-refractivity contribution is 5.57. The highest BCUT2D eigenvalue weighted by Gasteiger charge is 2.15. The van der Waals surface area contributed by atoms with E-state index >= 15 is 0 Å². The van der Waals surface area contributed by atoms with Gasteiger partial charge in [-0.3, -0.25) is 4.98 Å². The minimum atomic E-state index is -0.223. The van der Waals surface area contributed by atoms with E-state index in [4.69, 9.17) is 10.3 Å². The molecule has 2 heterocycles. The number of aryl methyl sites for hydroxylation is 2.